The number of non-ortho nitro benzene ring substituents is 1. The van der Waals surface area contributed by atoms with Crippen LogP contribution >= 0.6 is 11.6 Å². The molecule has 0 aliphatic rings. The zero-order valence-corrected chi connectivity index (χ0v) is 19.0. The number of nitro groups is 1. The molecule has 0 spiro atoms. The van der Waals surface area contributed by atoms with Crippen molar-refractivity contribution in [2.24, 2.45) is 5.10 Å². The number of nitro benzene ring substituents is 1. The zero-order chi connectivity index (χ0) is 24.7. The molecule has 0 bridgehead atoms. The zero-order valence-electron chi connectivity index (χ0n) is 18.3. The monoisotopic (exact) mass is 481 g/mol. The van der Waals surface area contributed by atoms with E-state index in [1.54, 1.807) is 62.4 Å². The lowest BCUT2D eigenvalue weighted by molar-refractivity contribution is -0.385. The molecule has 0 saturated carbocycles. The van der Waals surface area contributed by atoms with Gasteiger partial charge in [-0.25, -0.2) is 10.2 Å². The largest absolute Gasteiger partial charge is 0.483 e. The summed E-state index contributed by atoms with van der Waals surface area (Å²) in [6.07, 6.45) is 1.42. The van der Waals surface area contributed by atoms with Crippen LogP contribution in [0.2, 0.25) is 5.02 Å². The number of amides is 1. The second-order valence-electron chi connectivity index (χ2n) is 7.19. The average molecular weight is 482 g/mol. The van der Waals surface area contributed by atoms with E-state index in [4.69, 9.17) is 21.1 Å². The Kier molecular flexibility index (Phi) is 7.94. The van der Waals surface area contributed by atoms with E-state index in [-0.39, 0.29) is 17.9 Å². The first-order chi connectivity index (χ1) is 16.2. The first-order valence-corrected chi connectivity index (χ1v) is 10.4. The second kappa shape index (κ2) is 11.1. The van der Waals surface area contributed by atoms with Crippen LogP contribution in [0.3, 0.4) is 0 Å². The Labute approximate surface area is 200 Å². The lowest BCUT2D eigenvalue weighted by Gasteiger charge is -2.11. The highest BCUT2D eigenvalue weighted by atomic mass is 35.5. The van der Waals surface area contributed by atoms with Crippen molar-refractivity contribution in [2.75, 3.05) is 6.61 Å². The van der Waals surface area contributed by atoms with Crippen LogP contribution in [0, 0.1) is 24.0 Å². The van der Waals surface area contributed by atoms with Gasteiger partial charge in [-0.2, -0.15) is 5.10 Å². The van der Waals surface area contributed by atoms with Gasteiger partial charge in [-0.05, 0) is 66.9 Å². The van der Waals surface area contributed by atoms with Crippen LogP contribution in [0.15, 0.2) is 65.8 Å². The molecule has 0 fully saturated rings. The molecule has 0 aromatic heterocycles. The lowest BCUT2D eigenvalue weighted by Crippen LogP contribution is -2.25. The third kappa shape index (κ3) is 6.39. The molecule has 3 aromatic carbocycles. The third-order valence-corrected chi connectivity index (χ3v) is 4.92. The number of hydrogen-bond acceptors (Lipinski definition) is 7. The highest BCUT2D eigenvalue weighted by molar-refractivity contribution is 6.33. The maximum absolute atomic E-state index is 12.2. The number of carbonyl (C=O) groups excluding carboxylic acids is 2. The molecule has 9 nitrogen and oxygen atoms in total. The van der Waals surface area contributed by atoms with Gasteiger partial charge in [-0.15, -0.1) is 0 Å². The van der Waals surface area contributed by atoms with Gasteiger partial charge in [-0.3, -0.25) is 14.9 Å². The topological polar surface area (TPSA) is 120 Å². The number of rotatable bonds is 8. The summed E-state index contributed by atoms with van der Waals surface area (Å²) >= 11 is 6.00. The summed E-state index contributed by atoms with van der Waals surface area (Å²) in [5.41, 5.74) is 4.33. The molecular formula is C24H20ClN3O6. The molecule has 3 rings (SSSR count). The predicted molar refractivity (Wildman–Crippen MR) is 127 cm³/mol. The molecule has 0 atom stereocenters. The summed E-state index contributed by atoms with van der Waals surface area (Å²) in [7, 11) is 0. The molecule has 34 heavy (non-hydrogen) atoms. The minimum absolute atomic E-state index is 0.0407. The van der Waals surface area contributed by atoms with Crippen LogP contribution in [-0.2, 0) is 4.79 Å². The molecule has 10 heteroatoms. The normalized spacial score (nSPS) is 10.7. The van der Waals surface area contributed by atoms with Crippen molar-refractivity contribution in [3.63, 3.8) is 0 Å². The summed E-state index contributed by atoms with van der Waals surface area (Å²) in [5.74, 6) is -0.337. The highest BCUT2D eigenvalue weighted by Crippen LogP contribution is 2.28. The van der Waals surface area contributed by atoms with E-state index in [2.05, 4.69) is 10.5 Å². The molecule has 0 heterocycles. The number of ether oxygens (including phenoxy) is 2. The van der Waals surface area contributed by atoms with Gasteiger partial charge in [0.1, 0.15) is 11.5 Å². The molecular weight excluding hydrogens is 462 g/mol. The fourth-order valence-electron chi connectivity index (χ4n) is 3.02. The van der Waals surface area contributed by atoms with Crippen molar-refractivity contribution in [2.45, 2.75) is 13.8 Å². The Hall–Kier alpha value is -4.24. The van der Waals surface area contributed by atoms with Gasteiger partial charge < -0.3 is 9.47 Å². The number of hydrazone groups is 1. The van der Waals surface area contributed by atoms with Crippen LogP contribution < -0.4 is 14.9 Å². The Balaban J connectivity index is 1.51. The molecule has 0 aliphatic carbocycles. The number of benzene rings is 3. The van der Waals surface area contributed by atoms with E-state index < -0.39 is 16.8 Å². The smallest absolute Gasteiger partial charge is 0.345 e. The average Bonchev–Trinajstić information content (AvgIpc) is 2.79. The van der Waals surface area contributed by atoms with E-state index in [1.165, 1.54) is 18.3 Å². The second-order valence-corrected chi connectivity index (χ2v) is 7.59. The fourth-order valence-corrected chi connectivity index (χ4v) is 3.23. The molecule has 0 aliphatic heterocycles. The Morgan fingerprint density at radius 2 is 1.74 bits per heavy atom. The summed E-state index contributed by atoms with van der Waals surface area (Å²) < 4.78 is 10.8. The van der Waals surface area contributed by atoms with Gasteiger partial charge in [0, 0.05) is 12.1 Å². The Bertz CT molecular complexity index is 1230. The summed E-state index contributed by atoms with van der Waals surface area (Å²) in [6, 6.07) is 15.8. The van der Waals surface area contributed by atoms with E-state index in [1.807, 2.05) is 0 Å². The van der Waals surface area contributed by atoms with Gasteiger partial charge in [0.15, 0.2) is 6.61 Å². The number of aryl methyl sites for hydroxylation is 2. The maximum Gasteiger partial charge on any atom is 0.345 e. The maximum atomic E-state index is 12.2. The van der Waals surface area contributed by atoms with Crippen molar-refractivity contribution in [3.8, 4) is 11.5 Å². The van der Waals surface area contributed by atoms with Crippen molar-refractivity contribution < 1.29 is 24.0 Å². The predicted octanol–water partition coefficient (Wildman–Crippen LogP) is 4.61. The van der Waals surface area contributed by atoms with Crippen LogP contribution in [-0.4, -0.2) is 29.6 Å². The fraction of sp³-hybridized carbons (Fsp3) is 0.125. The molecule has 1 amide bonds. The highest BCUT2D eigenvalue weighted by Gasteiger charge is 2.14. The molecule has 0 radical (unpaired) electrons. The van der Waals surface area contributed by atoms with Gasteiger partial charge in [0.05, 0.1) is 21.7 Å². The van der Waals surface area contributed by atoms with Crippen LogP contribution in [0.5, 0.6) is 11.5 Å². The number of nitrogens with zero attached hydrogens (tertiary/aromatic N) is 2. The van der Waals surface area contributed by atoms with Crippen LogP contribution in [0.4, 0.5) is 5.69 Å². The van der Waals surface area contributed by atoms with E-state index in [0.29, 0.717) is 33.2 Å². The molecule has 1 N–H and O–H groups in total. The Morgan fingerprint density at radius 1 is 1.09 bits per heavy atom. The van der Waals surface area contributed by atoms with E-state index in [9.17, 15) is 19.7 Å². The number of nitrogens with one attached hydrogen (secondary N) is 1. The van der Waals surface area contributed by atoms with Gasteiger partial charge in [0.25, 0.3) is 11.6 Å². The van der Waals surface area contributed by atoms with E-state index in [0.717, 1.165) is 0 Å². The van der Waals surface area contributed by atoms with Crippen LogP contribution in [0.1, 0.15) is 27.0 Å². The molecule has 3 aromatic rings. The number of carbonyl (C=O) groups is 2. The van der Waals surface area contributed by atoms with Gasteiger partial charge >= 0.3 is 5.97 Å². The molecule has 174 valence electrons. The summed E-state index contributed by atoms with van der Waals surface area (Å²) in [5, 5.41) is 15.1. The first-order valence-electron chi connectivity index (χ1n) is 10.0. The van der Waals surface area contributed by atoms with Crippen molar-refractivity contribution >= 4 is 35.4 Å². The lowest BCUT2D eigenvalue weighted by atomic mass is 10.1. The van der Waals surface area contributed by atoms with Crippen molar-refractivity contribution in [1.29, 1.82) is 0 Å². The summed E-state index contributed by atoms with van der Waals surface area (Å²) in [6.45, 7) is 3.02. The standard InChI is InChI=1S/C24H20ClN3O6/c1-15-11-18(28(31)32)12-16(2)23(15)33-14-22(29)27-26-13-17-7-9-19(10-8-17)34-24(30)20-5-3-4-6-21(20)25/h3-13H,14H2,1-2H3,(H,27,29). The van der Waals surface area contributed by atoms with Gasteiger partial charge in [0.2, 0.25) is 0 Å². The minimum Gasteiger partial charge on any atom is -0.483 e. The quantitative estimate of drug-likeness (QED) is 0.165. The van der Waals surface area contributed by atoms with Crippen molar-refractivity contribution in [1.82, 2.24) is 5.43 Å². The molecule has 0 unspecified atom stereocenters. The summed E-state index contributed by atoms with van der Waals surface area (Å²) in [4.78, 5) is 34.6. The first kappa shape index (κ1) is 24.4. The van der Waals surface area contributed by atoms with Gasteiger partial charge in [-0.1, -0.05) is 23.7 Å². The molecule has 0 saturated heterocycles. The van der Waals surface area contributed by atoms with Crippen molar-refractivity contribution in [3.05, 3.63) is 98.1 Å². The van der Waals surface area contributed by atoms with E-state index >= 15 is 0 Å². The third-order valence-electron chi connectivity index (χ3n) is 4.59. The number of esters is 1. The Morgan fingerprint density at radius 3 is 2.35 bits per heavy atom. The number of hydrogen-bond donors (Lipinski definition) is 1. The SMILES string of the molecule is Cc1cc([N+](=O)[O-])cc(C)c1OCC(=O)NN=Cc1ccc(OC(=O)c2ccccc2Cl)cc1. The number of halogens is 1. The van der Waals surface area contributed by atoms with Crippen LogP contribution in [0.25, 0.3) is 0 Å². The minimum atomic E-state index is -0.572.